The van der Waals surface area contributed by atoms with Crippen LogP contribution >= 0.6 is 0 Å². The van der Waals surface area contributed by atoms with E-state index in [1.807, 2.05) is 0 Å². The molecule has 0 spiro atoms. The van der Waals surface area contributed by atoms with Crippen molar-refractivity contribution < 1.29 is 22.8 Å². The third-order valence-corrected chi connectivity index (χ3v) is 6.15. The second kappa shape index (κ2) is 8.24. The summed E-state index contributed by atoms with van der Waals surface area (Å²) in [6.07, 6.45) is 3.66. The molecule has 6 heteroatoms. The Labute approximate surface area is 111 Å². The van der Waals surface area contributed by atoms with Crippen LogP contribution in [0.25, 0.3) is 0 Å². The summed E-state index contributed by atoms with van der Waals surface area (Å²) in [4.78, 5) is 0. The lowest BCUT2D eigenvalue weighted by Crippen LogP contribution is -2.42. The van der Waals surface area contributed by atoms with Gasteiger partial charge in [-0.1, -0.05) is 6.92 Å². The Bertz CT molecular complexity index is 210. The molecule has 0 aromatic heterocycles. The Morgan fingerprint density at radius 2 is 1.83 bits per heavy atom. The summed E-state index contributed by atoms with van der Waals surface area (Å²) in [6, 6.07) is 0.830. The minimum absolute atomic E-state index is 0.298. The van der Waals surface area contributed by atoms with Gasteiger partial charge in [0.25, 0.3) is 0 Å². The van der Waals surface area contributed by atoms with Crippen molar-refractivity contribution >= 4 is 8.80 Å². The fourth-order valence-corrected chi connectivity index (χ4v) is 3.66. The summed E-state index contributed by atoms with van der Waals surface area (Å²) in [5, 5.41) is 0. The zero-order valence-electron chi connectivity index (χ0n) is 11.9. The highest BCUT2D eigenvalue weighted by atomic mass is 28.4. The zero-order valence-corrected chi connectivity index (χ0v) is 12.9. The molecule has 0 radical (unpaired) electrons. The van der Waals surface area contributed by atoms with E-state index in [-0.39, 0.29) is 0 Å². The second-order valence-electron chi connectivity index (χ2n) is 4.51. The zero-order chi connectivity index (χ0) is 13.4. The number of hydrogen-bond donors (Lipinski definition) is 0. The average molecular weight is 278 g/mol. The largest absolute Gasteiger partial charge is 0.500 e. The van der Waals surface area contributed by atoms with Crippen molar-refractivity contribution in [1.29, 1.82) is 0 Å². The van der Waals surface area contributed by atoms with Crippen LogP contribution in [0, 0.1) is 0 Å². The minimum Gasteiger partial charge on any atom is -0.377 e. The van der Waals surface area contributed by atoms with Gasteiger partial charge in [0, 0.05) is 27.4 Å². The molecule has 1 aliphatic rings. The van der Waals surface area contributed by atoms with Crippen molar-refractivity contribution in [2.75, 3.05) is 34.5 Å². The van der Waals surface area contributed by atoms with Crippen LogP contribution < -0.4 is 0 Å². The first-order valence-corrected chi connectivity index (χ1v) is 8.51. The van der Waals surface area contributed by atoms with Crippen molar-refractivity contribution in [3.05, 3.63) is 0 Å². The quantitative estimate of drug-likeness (QED) is 0.426. The van der Waals surface area contributed by atoms with Gasteiger partial charge in [0.1, 0.15) is 6.10 Å². The topological polar surface area (TPSA) is 49.5 Å². The monoisotopic (exact) mass is 278 g/mol. The van der Waals surface area contributed by atoms with E-state index in [0.29, 0.717) is 12.2 Å². The molecule has 2 unspecified atom stereocenters. The van der Waals surface area contributed by atoms with Crippen molar-refractivity contribution in [3.8, 4) is 0 Å². The standard InChI is InChI=1S/C12H26O5Si/c1-5-11(16-9-12-10-17-12)7-6-8-18(13-2,14-3)15-4/h11-12H,5-10H2,1-4H3. The van der Waals surface area contributed by atoms with Gasteiger partial charge in [-0.05, 0) is 19.3 Å². The lowest BCUT2D eigenvalue weighted by atomic mass is 10.1. The fraction of sp³-hybridized carbons (Fsp3) is 1.00. The molecule has 0 aromatic rings. The molecule has 5 nitrogen and oxygen atoms in total. The van der Waals surface area contributed by atoms with Crippen molar-refractivity contribution in [2.24, 2.45) is 0 Å². The molecule has 1 saturated heterocycles. The normalized spacial score (nSPS) is 21.0. The summed E-state index contributed by atoms with van der Waals surface area (Å²) in [5.74, 6) is 0. The van der Waals surface area contributed by atoms with Crippen molar-refractivity contribution in [2.45, 2.75) is 44.4 Å². The first-order valence-electron chi connectivity index (χ1n) is 6.58. The number of rotatable bonds is 11. The van der Waals surface area contributed by atoms with E-state index in [0.717, 1.165) is 38.5 Å². The molecule has 0 saturated carbocycles. The molecule has 2 atom stereocenters. The van der Waals surface area contributed by atoms with Crippen LogP contribution in [0.2, 0.25) is 6.04 Å². The molecule has 18 heavy (non-hydrogen) atoms. The lowest BCUT2D eigenvalue weighted by Gasteiger charge is -2.25. The summed E-state index contributed by atoms with van der Waals surface area (Å²) in [5.41, 5.74) is 0. The Hall–Kier alpha value is 0.0169. The van der Waals surface area contributed by atoms with Gasteiger partial charge in [-0.25, -0.2) is 0 Å². The van der Waals surface area contributed by atoms with Crippen LogP contribution in [0.5, 0.6) is 0 Å². The van der Waals surface area contributed by atoms with Gasteiger partial charge in [0.2, 0.25) is 0 Å². The average Bonchev–Trinajstić information content (AvgIpc) is 3.23. The molecular formula is C12H26O5Si. The first-order chi connectivity index (χ1) is 8.69. The van der Waals surface area contributed by atoms with Gasteiger partial charge in [0.05, 0.1) is 19.3 Å². The van der Waals surface area contributed by atoms with Gasteiger partial charge >= 0.3 is 8.80 Å². The SMILES string of the molecule is CCC(CCC[Si](OC)(OC)OC)OCC1CO1. The van der Waals surface area contributed by atoms with Crippen molar-refractivity contribution in [1.82, 2.24) is 0 Å². The predicted octanol–water partition coefficient (Wildman–Crippen LogP) is 1.84. The van der Waals surface area contributed by atoms with E-state index in [4.69, 9.17) is 22.8 Å². The molecule has 0 amide bonds. The molecule has 108 valence electrons. The van der Waals surface area contributed by atoms with Crippen LogP contribution in [0.4, 0.5) is 0 Å². The van der Waals surface area contributed by atoms with Crippen molar-refractivity contribution in [3.63, 3.8) is 0 Å². The molecular weight excluding hydrogens is 252 g/mol. The van der Waals surface area contributed by atoms with E-state index in [2.05, 4.69) is 6.92 Å². The van der Waals surface area contributed by atoms with E-state index < -0.39 is 8.80 Å². The van der Waals surface area contributed by atoms with Gasteiger partial charge in [-0.2, -0.15) is 0 Å². The van der Waals surface area contributed by atoms with E-state index in [9.17, 15) is 0 Å². The summed E-state index contributed by atoms with van der Waals surface area (Å²) >= 11 is 0. The maximum absolute atomic E-state index is 5.80. The first kappa shape index (κ1) is 16.1. The second-order valence-corrected chi connectivity index (χ2v) is 7.60. The molecule has 1 rings (SSSR count). The molecule has 0 N–H and O–H groups in total. The maximum atomic E-state index is 5.80. The number of hydrogen-bond acceptors (Lipinski definition) is 5. The Kier molecular flexibility index (Phi) is 7.36. The molecule has 0 aromatic carbocycles. The van der Waals surface area contributed by atoms with Crippen LogP contribution in [0.3, 0.4) is 0 Å². The minimum atomic E-state index is -2.41. The third-order valence-electron chi connectivity index (χ3n) is 3.32. The predicted molar refractivity (Wildman–Crippen MR) is 70.6 cm³/mol. The highest BCUT2D eigenvalue weighted by Crippen LogP contribution is 2.20. The smallest absolute Gasteiger partial charge is 0.377 e. The van der Waals surface area contributed by atoms with Gasteiger partial charge < -0.3 is 22.8 Å². The Balaban J connectivity index is 2.19. The summed E-state index contributed by atoms with van der Waals surface area (Å²) < 4.78 is 27.1. The van der Waals surface area contributed by atoms with Crippen LogP contribution in [0.1, 0.15) is 26.2 Å². The highest BCUT2D eigenvalue weighted by Gasteiger charge is 2.37. The van der Waals surface area contributed by atoms with Crippen LogP contribution in [-0.4, -0.2) is 55.6 Å². The lowest BCUT2D eigenvalue weighted by molar-refractivity contribution is 0.0333. The van der Waals surface area contributed by atoms with Crippen LogP contribution in [0.15, 0.2) is 0 Å². The molecule has 1 aliphatic heterocycles. The van der Waals surface area contributed by atoms with E-state index >= 15 is 0 Å². The van der Waals surface area contributed by atoms with E-state index in [1.165, 1.54) is 0 Å². The fourth-order valence-electron chi connectivity index (χ4n) is 1.92. The van der Waals surface area contributed by atoms with Gasteiger partial charge in [-0.15, -0.1) is 0 Å². The molecule has 0 bridgehead atoms. The number of ether oxygens (including phenoxy) is 2. The highest BCUT2D eigenvalue weighted by molar-refractivity contribution is 6.60. The van der Waals surface area contributed by atoms with Crippen LogP contribution in [-0.2, 0) is 22.8 Å². The maximum Gasteiger partial charge on any atom is 0.500 e. The van der Waals surface area contributed by atoms with Gasteiger partial charge in [0.15, 0.2) is 0 Å². The van der Waals surface area contributed by atoms with E-state index in [1.54, 1.807) is 21.3 Å². The summed E-state index contributed by atoms with van der Waals surface area (Å²) in [6.45, 7) is 3.72. The molecule has 0 aliphatic carbocycles. The number of epoxide rings is 1. The Morgan fingerprint density at radius 1 is 1.22 bits per heavy atom. The Morgan fingerprint density at radius 3 is 2.28 bits per heavy atom. The van der Waals surface area contributed by atoms with Gasteiger partial charge in [-0.3, -0.25) is 0 Å². The third kappa shape index (κ3) is 5.34. The summed E-state index contributed by atoms with van der Waals surface area (Å²) in [7, 11) is 2.54. The molecule has 1 heterocycles. The molecule has 1 fully saturated rings.